The first-order valence-corrected chi connectivity index (χ1v) is 2.58. The number of likely N-dealkylation sites (tertiary alicyclic amines) is 1. The van der Waals surface area contributed by atoms with Crippen LogP contribution < -0.4 is 0 Å². The van der Waals surface area contributed by atoms with Gasteiger partial charge in [-0.3, -0.25) is 0 Å². The van der Waals surface area contributed by atoms with Crippen LogP contribution in [0, 0.1) is 0 Å². The van der Waals surface area contributed by atoms with Crippen LogP contribution in [-0.4, -0.2) is 25.0 Å². The van der Waals surface area contributed by atoms with Crippen LogP contribution in [0.5, 0.6) is 0 Å². The third-order valence-corrected chi connectivity index (χ3v) is 1.08. The van der Waals surface area contributed by atoms with E-state index in [1.807, 2.05) is 0 Å². The van der Waals surface area contributed by atoms with E-state index in [1.165, 1.54) is 19.5 Å². The molecule has 42 valence electrons. The summed E-state index contributed by atoms with van der Waals surface area (Å²) >= 11 is 0. The lowest BCUT2D eigenvalue weighted by molar-refractivity contribution is 0.229. The van der Waals surface area contributed by atoms with Gasteiger partial charge in [0.05, 0.1) is 0 Å². The van der Waals surface area contributed by atoms with Crippen LogP contribution in [-0.2, 0) is 0 Å². The summed E-state index contributed by atoms with van der Waals surface area (Å²) in [6.07, 6.45) is 1.41. The van der Waals surface area contributed by atoms with Gasteiger partial charge in [-0.15, -0.1) is 13.2 Å². The third kappa shape index (κ3) is 2.40. The molecule has 0 aromatic heterocycles. The first kappa shape index (κ1) is 6.70. The van der Waals surface area contributed by atoms with E-state index in [1.54, 1.807) is 0 Å². The summed E-state index contributed by atoms with van der Waals surface area (Å²) in [6.45, 7) is 8.64. The van der Waals surface area contributed by atoms with Crippen molar-refractivity contribution in [3.63, 3.8) is 0 Å². The molecule has 0 radical (unpaired) electrons. The molecule has 1 rings (SSSR count). The minimum Gasteiger partial charge on any atom is -0.306 e. The van der Waals surface area contributed by atoms with Crippen molar-refractivity contribution in [3.05, 3.63) is 13.2 Å². The Morgan fingerprint density at radius 1 is 1.29 bits per heavy atom. The van der Waals surface area contributed by atoms with E-state index in [-0.39, 0.29) is 0 Å². The van der Waals surface area contributed by atoms with Crippen LogP contribution in [0.15, 0.2) is 13.2 Å². The quantitative estimate of drug-likeness (QED) is 0.411. The zero-order chi connectivity index (χ0) is 5.70. The van der Waals surface area contributed by atoms with Crippen molar-refractivity contribution >= 4 is 0 Å². The molecule has 0 unspecified atom stereocenters. The SMILES string of the molecule is C=C.CN1CCC1. The van der Waals surface area contributed by atoms with Gasteiger partial charge < -0.3 is 4.90 Å². The summed E-state index contributed by atoms with van der Waals surface area (Å²) in [5, 5.41) is 0. The molecule has 1 nitrogen and oxygen atoms in total. The first-order chi connectivity index (χ1) is 3.39. The molecule has 1 aliphatic rings. The predicted octanol–water partition coefficient (Wildman–Crippen LogP) is 1.12. The Balaban J connectivity index is 0.000000162. The molecule has 1 saturated heterocycles. The van der Waals surface area contributed by atoms with Crippen LogP contribution in [0.25, 0.3) is 0 Å². The fourth-order valence-corrected chi connectivity index (χ4v) is 0.474. The molecule has 0 atom stereocenters. The maximum absolute atomic E-state index is 3.00. The van der Waals surface area contributed by atoms with E-state index >= 15 is 0 Å². The topological polar surface area (TPSA) is 3.24 Å². The van der Waals surface area contributed by atoms with Crippen LogP contribution in [0.2, 0.25) is 0 Å². The Bertz CT molecular complexity index is 39.4. The van der Waals surface area contributed by atoms with E-state index in [9.17, 15) is 0 Å². The lowest BCUT2D eigenvalue weighted by Gasteiger charge is -2.24. The molecule has 7 heavy (non-hydrogen) atoms. The van der Waals surface area contributed by atoms with Crippen molar-refractivity contribution in [1.82, 2.24) is 4.90 Å². The van der Waals surface area contributed by atoms with Gasteiger partial charge in [-0.05, 0) is 26.6 Å². The fraction of sp³-hybridized carbons (Fsp3) is 0.667. The largest absolute Gasteiger partial charge is 0.306 e. The van der Waals surface area contributed by atoms with Crippen molar-refractivity contribution in [2.24, 2.45) is 0 Å². The molecular formula is C6H13N. The molecular weight excluding hydrogens is 86.1 g/mol. The molecule has 0 saturated carbocycles. The Morgan fingerprint density at radius 2 is 1.57 bits per heavy atom. The lowest BCUT2D eigenvalue weighted by atomic mass is 10.3. The van der Waals surface area contributed by atoms with E-state index in [4.69, 9.17) is 0 Å². The number of hydrogen-bond acceptors (Lipinski definition) is 1. The van der Waals surface area contributed by atoms with E-state index in [2.05, 4.69) is 25.1 Å². The Morgan fingerprint density at radius 3 is 1.57 bits per heavy atom. The van der Waals surface area contributed by atoms with Crippen LogP contribution in [0.4, 0.5) is 0 Å². The summed E-state index contributed by atoms with van der Waals surface area (Å²) in [6, 6.07) is 0. The van der Waals surface area contributed by atoms with Gasteiger partial charge in [-0.25, -0.2) is 0 Å². The Hall–Kier alpha value is -0.300. The van der Waals surface area contributed by atoms with Gasteiger partial charge in [0.1, 0.15) is 0 Å². The van der Waals surface area contributed by atoms with Gasteiger partial charge in [0.2, 0.25) is 0 Å². The number of hydrogen-bond donors (Lipinski definition) is 0. The van der Waals surface area contributed by atoms with Gasteiger partial charge >= 0.3 is 0 Å². The van der Waals surface area contributed by atoms with E-state index < -0.39 is 0 Å². The molecule has 0 aromatic carbocycles. The second kappa shape index (κ2) is 3.88. The lowest BCUT2D eigenvalue weighted by Crippen LogP contribution is -2.32. The monoisotopic (exact) mass is 99.1 g/mol. The van der Waals surface area contributed by atoms with Gasteiger partial charge in [0.15, 0.2) is 0 Å². The zero-order valence-corrected chi connectivity index (χ0v) is 4.98. The van der Waals surface area contributed by atoms with Crippen LogP contribution >= 0.6 is 0 Å². The maximum atomic E-state index is 3.00. The normalized spacial score (nSPS) is 19.0. The molecule has 1 aliphatic heterocycles. The summed E-state index contributed by atoms with van der Waals surface area (Å²) in [5.41, 5.74) is 0. The second-order valence-corrected chi connectivity index (χ2v) is 1.66. The zero-order valence-electron chi connectivity index (χ0n) is 4.98. The summed E-state index contributed by atoms with van der Waals surface area (Å²) in [4.78, 5) is 2.31. The van der Waals surface area contributed by atoms with Gasteiger partial charge in [0.25, 0.3) is 0 Å². The summed E-state index contributed by atoms with van der Waals surface area (Å²) < 4.78 is 0. The second-order valence-electron chi connectivity index (χ2n) is 1.66. The molecule has 1 heterocycles. The highest BCUT2D eigenvalue weighted by Gasteiger charge is 2.04. The molecule has 0 aliphatic carbocycles. The first-order valence-electron chi connectivity index (χ1n) is 2.58. The van der Waals surface area contributed by atoms with Gasteiger partial charge in [-0.2, -0.15) is 0 Å². The number of rotatable bonds is 0. The fourth-order valence-electron chi connectivity index (χ4n) is 0.474. The third-order valence-electron chi connectivity index (χ3n) is 1.08. The van der Waals surface area contributed by atoms with E-state index in [0.29, 0.717) is 0 Å². The molecule has 0 N–H and O–H groups in total. The highest BCUT2D eigenvalue weighted by molar-refractivity contribution is 4.61. The van der Waals surface area contributed by atoms with Gasteiger partial charge in [0, 0.05) is 0 Å². The Kier molecular flexibility index (Phi) is 3.71. The van der Waals surface area contributed by atoms with Crippen LogP contribution in [0.1, 0.15) is 6.42 Å². The van der Waals surface area contributed by atoms with Crippen LogP contribution in [0.3, 0.4) is 0 Å². The van der Waals surface area contributed by atoms with Crippen molar-refractivity contribution in [2.45, 2.75) is 6.42 Å². The average molecular weight is 99.2 g/mol. The highest BCUT2D eigenvalue weighted by atomic mass is 15.1. The Labute approximate surface area is 45.6 Å². The molecule has 0 amide bonds. The summed E-state index contributed by atoms with van der Waals surface area (Å²) in [7, 11) is 2.14. The molecule has 0 aromatic rings. The van der Waals surface area contributed by atoms with Crippen molar-refractivity contribution in [1.29, 1.82) is 0 Å². The minimum atomic E-state index is 1.32. The van der Waals surface area contributed by atoms with E-state index in [0.717, 1.165) is 0 Å². The highest BCUT2D eigenvalue weighted by Crippen LogP contribution is 1.98. The average Bonchev–Trinajstić information content (AvgIpc) is 1.68. The number of nitrogens with zero attached hydrogens (tertiary/aromatic N) is 1. The standard InChI is InChI=1S/C4H9N.C2H4/c1-5-3-2-4-5;1-2/h2-4H2,1H3;1-2H2. The van der Waals surface area contributed by atoms with Crippen molar-refractivity contribution in [2.75, 3.05) is 20.1 Å². The van der Waals surface area contributed by atoms with Crippen molar-refractivity contribution < 1.29 is 0 Å². The summed E-state index contributed by atoms with van der Waals surface area (Å²) in [5.74, 6) is 0. The molecule has 0 bridgehead atoms. The van der Waals surface area contributed by atoms with Gasteiger partial charge in [-0.1, -0.05) is 0 Å². The maximum Gasteiger partial charge on any atom is -0.000959 e. The molecule has 0 spiro atoms. The predicted molar refractivity (Wildman–Crippen MR) is 33.4 cm³/mol. The molecule has 1 heteroatoms. The smallest absolute Gasteiger partial charge is 0.000959 e. The minimum absolute atomic E-state index is 1.32. The molecule has 1 fully saturated rings. The van der Waals surface area contributed by atoms with Crippen molar-refractivity contribution in [3.8, 4) is 0 Å².